The van der Waals surface area contributed by atoms with Crippen molar-refractivity contribution < 1.29 is 46.1 Å². The van der Waals surface area contributed by atoms with E-state index < -0.39 is 21.3 Å². The number of rotatable bonds is 4. The standard InChI is InChI=1S/C29H37.C13H8Cl2.C5H5.2ClH.Zr/c1-18-25-22-17-19-13-9-10-14-20(19)24(22)21-15-11-12-16-23(21)29(25,8)28(6,7)27(4,5)26(18,2)3;14-12-5-1-10(2-6-12)9-11-3-7-13(15)8-4-11;1-2-4-5-3-1;;;/h9-11,13-15,23H,12,16-17H2,1-8H3;1-8H;1-3H,4H2;2*1H;/q;;;;;+2/p-2. The van der Waals surface area contributed by atoms with E-state index in [-0.39, 0.29) is 49.6 Å². The Morgan fingerprint density at radius 1 is 0.712 bits per heavy atom. The molecule has 0 nitrogen and oxygen atoms in total. The average molecular weight is 848 g/mol. The summed E-state index contributed by atoms with van der Waals surface area (Å²) in [5.41, 5.74) is 12.1. The molecule has 1 saturated carbocycles. The van der Waals surface area contributed by atoms with Crippen LogP contribution in [-0.2, 0) is 27.7 Å². The van der Waals surface area contributed by atoms with Crippen LogP contribution < -0.4 is 24.8 Å². The maximum absolute atomic E-state index is 6.61. The first kappa shape index (κ1) is 40.0. The van der Waals surface area contributed by atoms with Gasteiger partial charge in [0, 0.05) is 0 Å². The normalized spacial score (nSPS) is 26.9. The van der Waals surface area contributed by atoms with Crippen LogP contribution in [0.5, 0.6) is 0 Å². The van der Waals surface area contributed by atoms with Crippen LogP contribution in [0.4, 0.5) is 0 Å². The van der Waals surface area contributed by atoms with Crippen molar-refractivity contribution in [3.05, 3.63) is 155 Å². The van der Waals surface area contributed by atoms with Gasteiger partial charge in [-0.15, -0.1) is 0 Å². The summed E-state index contributed by atoms with van der Waals surface area (Å²) in [6.45, 7) is 21.4. The second-order valence-corrected chi connectivity index (χ2v) is 25.3. The molecule has 8 rings (SSSR count). The fourth-order valence-corrected chi connectivity index (χ4v) is 22.9. The van der Waals surface area contributed by atoms with Crippen molar-refractivity contribution in [3.63, 3.8) is 0 Å². The van der Waals surface area contributed by atoms with Gasteiger partial charge in [0.2, 0.25) is 0 Å². The molecule has 1 fully saturated rings. The van der Waals surface area contributed by atoms with Gasteiger partial charge in [0.05, 0.1) is 0 Å². The maximum atomic E-state index is 6.61. The van der Waals surface area contributed by atoms with E-state index in [0.717, 1.165) is 29.3 Å². The smallest absolute Gasteiger partial charge is 1.00 e. The molecular formula is C47H50Cl4Zr. The summed E-state index contributed by atoms with van der Waals surface area (Å²) in [5, 5.41) is 1.56. The van der Waals surface area contributed by atoms with Crippen LogP contribution in [-0.4, -0.2) is 3.21 Å². The molecule has 0 N–H and O–H groups in total. The molecule has 0 saturated heterocycles. The molecule has 270 valence electrons. The molecule has 5 heteroatoms. The Morgan fingerprint density at radius 3 is 1.88 bits per heavy atom. The number of allylic oxidation sites excluding steroid dienone is 10. The van der Waals surface area contributed by atoms with Crippen molar-refractivity contribution in [2.24, 2.45) is 27.6 Å². The number of fused-ring (bicyclic) bond motifs is 6. The summed E-state index contributed by atoms with van der Waals surface area (Å²) in [4.78, 5) is 0. The molecule has 0 aliphatic heterocycles. The van der Waals surface area contributed by atoms with E-state index in [1.165, 1.54) is 28.7 Å². The molecule has 0 spiro atoms. The van der Waals surface area contributed by atoms with Gasteiger partial charge in [0.15, 0.2) is 0 Å². The molecule has 3 aromatic rings. The summed E-state index contributed by atoms with van der Waals surface area (Å²) in [5.74, 6) is 0.465. The zero-order chi connectivity index (χ0) is 35.4. The van der Waals surface area contributed by atoms with Crippen LogP contribution in [0.3, 0.4) is 0 Å². The number of hydrogen-bond acceptors (Lipinski definition) is 0. The quantitative estimate of drug-likeness (QED) is 0.254. The van der Waals surface area contributed by atoms with Gasteiger partial charge in [-0.2, -0.15) is 0 Å². The number of halogens is 4. The van der Waals surface area contributed by atoms with E-state index in [4.69, 9.17) is 23.2 Å². The minimum absolute atomic E-state index is 0. The molecule has 3 unspecified atom stereocenters. The molecule has 0 aromatic heterocycles. The van der Waals surface area contributed by atoms with Gasteiger partial charge in [-0.25, -0.2) is 0 Å². The SMILES string of the molecule is CC12C(=C3Cc4ccccc4C3=C3C=CCCC31)[C](C)([Zr+2]([C]1=CC=CC1)=[C](c1ccc(Cl)cc1)c1ccc(Cl)cc1)C(C)(C)C(C)(C)C2(C)C.[Cl-].[Cl-]. The van der Waals surface area contributed by atoms with E-state index in [9.17, 15) is 0 Å². The van der Waals surface area contributed by atoms with Gasteiger partial charge in [0.25, 0.3) is 0 Å². The summed E-state index contributed by atoms with van der Waals surface area (Å²) in [7, 11) is 0. The number of benzene rings is 3. The first-order chi connectivity index (χ1) is 23.7. The molecule has 0 amide bonds. The maximum Gasteiger partial charge on any atom is -1.00 e. The van der Waals surface area contributed by atoms with Gasteiger partial charge >= 0.3 is 320 Å². The third-order valence-corrected chi connectivity index (χ3v) is 25.6. The predicted octanol–water partition coefficient (Wildman–Crippen LogP) is 7.60. The fourth-order valence-electron chi connectivity index (χ4n) is 11.4. The Labute approximate surface area is 342 Å². The van der Waals surface area contributed by atoms with E-state index >= 15 is 0 Å². The average Bonchev–Trinajstić information content (AvgIpc) is 3.76. The molecule has 5 aliphatic rings. The second kappa shape index (κ2) is 13.8. The molecule has 0 bridgehead atoms. The van der Waals surface area contributed by atoms with Gasteiger partial charge < -0.3 is 24.8 Å². The largest absolute Gasteiger partial charge is 1.00 e. The minimum Gasteiger partial charge on any atom is -1.00 e. The Morgan fingerprint density at radius 2 is 1.31 bits per heavy atom. The Balaban J connectivity index is 0.00000232. The topological polar surface area (TPSA) is 0 Å². The third kappa shape index (κ3) is 5.26. The fraction of sp³-hybridized carbons (Fsp3) is 0.383. The summed E-state index contributed by atoms with van der Waals surface area (Å²) in [6, 6.07) is 26.9. The summed E-state index contributed by atoms with van der Waals surface area (Å²) < 4.78 is 3.17. The summed E-state index contributed by atoms with van der Waals surface area (Å²) in [6.07, 6.45) is 16.7. The van der Waals surface area contributed by atoms with Crippen LogP contribution in [0.1, 0.15) is 96.9 Å². The molecule has 0 radical (unpaired) electrons. The Kier molecular flexibility index (Phi) is 10.6. The van der Waals surface area contributed by atoms with Crippen LogP contribution in [0, 0.1) is 27.6 Å². The molecule has 5 aliphatic carbocycles. The molecule has 52 heavy (non-hydrogen) atoms. The Bertz CT molecular complexity index is 2070. The molecular weight excluding hydrogens is 798 g/mol. The van der Waals surface area contributed by atoms with Crippen LogP contribution in [0.2, 0.25) is 13.2 Å². The molecule has 0 heterocycles. The van der Waals surface area contributed by atoms with Gasteiger partial charge in [0.1, 0.15) is 0 Å². The predicted molar refractivity (Wildman–Crippen MR) is 212 cm³/mol. The number of hydrogen-bond donors (Lipinski definition) is 0. The van der Waals surface area contributed by atoms with Crippen molar-refractivity contribution in [1.29, 1.82) is 0 Å². The van der Waals surface area contributed by atoms with Crippen molar-refractivity contribution in [3.8, 4) is 0 Å². The van der Waals surface area contributed by atoms with E-state index in [2.05, 4.69) is 159 Å². The first-order valence-electron chi connectivity index (χ1n) is 18.5. The first-order valence-corrected chi connectivity index (χ1v) is 23.0. The van der Waals surface area contributed by atoms with Crippen molar-refractivity contribution in [2.45, 2.75) is 84.2 Å². The minimum atomic E-state index is -3.09. The van der Waals surface area contributed by atoms with E-state index in [1.807, 2.05) is 0 Å². The third-order valence-electron chi connectivity index (χ3n) is 15.3. The Hall–Kier alpha value is -1.73. The van der Waals surface area contributed by atoms with Crippen LogP contribution in [0.15, 0.2) is 123 Å². The monoisotopic (exact) mass is 844 g/mol. The van der Waals surface area contributed by atoms with Gasteiger partial charge in [-0.1, -0.05) is 0 Å². The molecule has 3 aromatic carbocycles. The van der Waals surface area contributed by atoms with Gasteiger partial charge in [-0.05, 0) is 0 Å². The van der Waals surface area contributed by atoms with E-state index in [0.29, 0.717) is 5.92 Å². The van der Waals surface area contributed by atoms with Crippen molar-refractivity contribution in [2.75, 3.05) is 0 Å². The van der Waals surface area contributed by atoms with Crippen LogP contribution in [0.25, 0.3) is 5.57 Å². The summed E-state index contributed by atoms with van der Waals surface area (Å²) >= 11 is 10.1. The van der Waals surface area contributed by atoms with E-state index in [1.54, 1.807) is 28.8 Å². The van der Waals surface area contributed by atoms with Crippen molar-refractivity contribution >= 4 is 32.0 Å². The zero-order valence-electron chi connectivity index (χ0n) is 31.7. The molecule has 3 atom stereocenters. The zero-order valence-corrected chi connectivity index (χ0v) is 37.2. The van der Waals surface area contributed by atoms with Crippen molar-refractivity contribution in [1.82, 2.24) is 0 Å². The van der Waals surface area contributed by atoms with Gasteiger partial charge in [-0.3, -0.25) is 0 Å². The second-order valence-electron chi connectivity index (χ2n) is 17.3. The van der Waals surface area contributed by atoms with Crippen LogP contribution >= 0.6 is 23.2 Å².